The molecule has 1 atom stereocenters. The topological polar surface area (TPSA) is 104 Å². The first-order chi connectivity index (χ1) is 15.1. The van der Waals surface area contributed by atoms with E-state index in [1.807, 2.05) is 45.0 Å². The van der Waals surface area contributed by atoms with Crippen molar-refractivity contribution in [1.29, 1.82) is 0 Å². The lowest BCUT2D eigenvalue weighted by molar-refractivity contribution is -0.127. The monoisotopic (exact) mass is 447 g/mol. The van der Waals surface area contributed by atoms with Crippen molar-refractivity contribution in [2.24, 2.45) is 10.9 Å². The molecule has 0 aromatic heterocycles. The highest BCUT2D eigenvalue weighted by atomic mass is 16.6. The van der Waals surface area contributed by atoms with E-state index < -0.39 is 11.7 Å². The van der Waals surface area contributed by atoms with E-state index in [0.29, 0.717) is 24.1 Å². The number of aliphatic imine (C=N–C) groups is 1. The number of benzene rings is 1. The average molecular weight is 448 g/mol. The van der Waals surface area contributed by atoms with Gasteiger partial charge in [-0.1, -0.05) is 12.1 Å². The van der Waals surface area contributed by atoms with Crippen LogP contribution >= 0.6 is 0 Å². The average Bonchev–Trinajstić information content (AvgIpc) is 3.22. The van der Waals surface area contributed by atoms with Crippen LogP contribution in [-0.2, 0) is 20.7 Å². The number of anilines is 1. The van der Waals surface area contributed by atoms with Crippen LogP contribution in [0.15, 0.2) is 29.3 Å². The molecular formula is C23H37N5O4. The van der Waals surface area contributed by atoms with Gasteiger partial charge < -0.3 is 25.0 Å². The predicted molar refractivity (Wildman–Crippen MR) is 126 cm³/mol. The van der Waals surface area contributed by atoms with Crippen LogP contribution in [0.2, 0.25) is 0 Å². The van der Waals surface area contributed by atoms with Crippen LogP contribution in [0.1, 0.15) is 32.8 Å². The van der Waals surface area contributed by atoms with Crippen molar-refractivity contribution in [3.05, 3.63) is 29.8 Å². The van der Waals surface area contributed by atoms with Crippen LogP contribution in [0, 0.1) is 5.92 Å². The summed E-state index contributed by atoms with van der Waals surface area (Å²) in [6.45, 7) is 8.53. The molecule has 0 bridgehead atoms. The largest absolute Gasteiger partial charge is 0.444 e. The molecule has 1 fully saturated rings. The van der Waals surface area contributed by atoms with Gasteiger partial charge in [0, 0.05) is 45.4 Å². The van der Waals surface area contributed by atoms with Crippen LogP contribution in [0.3, 0.4) is 0 Å². The van der Waals surface area contributed by atoms with Gasteiger partial charge >= 0.3 is 6.09 Å². The van der Waals surface area contributed by atoms with Gasteiger partial charge in [0.2, 0.25) is 5.91 Å². The van der Waals surface area contributed by atoms with Gasteiger partial charge in [0.05, 0.1) is 6.61 Å². The quantitative estimate of drug-likeness (QED) is 0.417. The van der Waals surface area contributed by atoms with Gasteiger partial charge in [0.1, 0.15) is 12.1 Å². The zero-order valence-electron chi connectivity index (χ0n) is 19.9. The van der Waals surface area contributed by atoms with Crippen molar-refractivity contribution >= 4 is 23.6 Å². The first-order valence-corrected chi connectivity index (χ1v) is 11.0. The van der Waals surface area contributed by atoms with Crippen LogP contribution in [-0.4, -0.2) is 75.4 Å². The number of carbonyl (C=O) groups is 2. The van der Waals surface area contributed by atoms with Crippen LogP contribution in [0.25, 0.3) is 0 Å². The zero-order chi connectivity index (χ0) is 23.6. The molecule has 1 aliphatic heterocycles. The first-order valence-electron chi connectivity index (χ1n) is 11.0. The summed E-state index contributed by atoms with van der Waals surface area (Å²) in [4.78, 5) is 29.7. The Morgan fingerprint density at radius 2 is 1.91 bits per heavy atom. The van der Waals surface area contributed by atoms with Crippen molar-refractivity contribution in [1.82, 2.24) is 15.5 Å². The molecule has 9 heteroatoms. The van der Waals surface area contributed by atoms with E-state index in [-0.39, 0.29) is 12.5 Å². The standard InChI is InChI=1S/C23H37N5O4/c1-23(2,3)32-22(30)27-19-8-6-17(7-9-19)10-12-24-21(26-15-20(29)28(4)5)25-14-18-11-13-31-16-18/h6-9,18H,10-16H2,1-5H3,(H,27,30)(H2,24,25,26). The molecule has 1 aliphatic rings. The van der Waals surface area contributed by atoms with Crippen molar-refractivity contribution < 1.29 is 19.1 Å². The number of amides is 2. The summed E-state index contributed by atoms with van der Waals surface area (Å²) in [5, 5.41) is 9.34. The lowest BCUT2D eigenvalue weighted by Gasteiger charge is -2.19. The molecule has 32 heavy (non-hydrogen) atoms. The fraction of sp³-hybridized carbons (Fsp3) is 0.609. The minimum absolute atomic E-state index is 0.0524. The van der Waals surface area contributed by atoms with Crippen molar-refractivity contribution in [3.63, 3.8) is 0 Å². The minimum Gasteiger partial charge on any atom is -0.444 e. The number of hydrogen-bond donors (Lipinski definition) is 3. The molecule has 1 unspecified atom stereocenters. The minimum atomic E-state index is -0.537. The third-order valence-corrected chi connectivity index (χ3v) is 4.76. The SMILES string of the molecule is CN(C)C(=O)CN=C(NCCc1ccc(NC(=O)OC(C)(C)C)cc1)NCC1CCOC1. The molecule has 1 aromatic carbocycles. The molecule has 0 radical (unpaired) electrons. The van der Waals surface area contributed by atoms with E-state index in [1.54, 1.807) is 14.1 Å². The van der Waals surface area contributed by atoms with Crippen molar-refractivity contribution in [2.75, 3.05) is 52.3 Å². The van der Waals surface area contributed by atoms with Gasteiger partial charge in [0.25, 0.3) is 0 Å². The summed E-state index contributed by atoms with van der Waals surface area (Å²) < 4.78 is 10.7. The summed E-state index contributed by atoms with van der Waals surface area (Å²) in [6, 6.07) is 7.62. The number of rotatable bonds is 8. The Bertz CT molecular complexity index is 766. The lowest BCUT2D eigenvalue weighted by Crippen LogP contribution is -2.41. The maximum Gasteiger partial charge on any atom is 0.412 e. The summed E-state index contributed by atoms with van der Waals surface area (Å²) in [7, 11) is 3.44. The fourth-order valence-electron chi connectivity index (χ4n) is 2.95. The first kappa shape index (κ1) is 25.5. The summed E-state index contributed by atoms with van der Waals surface area (Å²) >= 11 is 0. The van der Waals surface area contributed by atoms with E-state index in [2.05, 4.69) is 20.9 Å². The molecule has 0 saturated carbocycles. The fourth-order valence-corrected chi connectivity index (χ4v) is 2.95. The molecule has 1 saturated heterocycles. The van der Waals surface area contributed by atoms with Crippen LogP contribution < -0.4 is 16.0 Å². The number of carbonyl (C=O) groups excluding carboxylic acids is 2. The number of likely N-dealkylation sites (N-methyl/N-ethyl adjacent to an activating group) is 1. The molecule has 1 heterocycles. The molecular weight excluding hydrogens is 410 g/mol. The van der Waals surface area contributed by atoms with E-state index >= 15 is 0 Å². The summed E-state index contributed by atoms with van der Waals surface area (Å²) in [6.07, 6.45) is 1.32. The second kappa shape index (κ2) is 12.3. The maximum absolute atomic E-state index is 11.9. The van der Waals surface area contributed by atoms with Gasteiger partial charge in [0.15, 0.2) is 5.96 Å². The number of nitrogens with zero attached hydrogens (tertiary/aromatic N) is 2. The van der Waals surface area contributed by atoms with E-state index in [1.165, 1.54) is 4.90 Å². The van der Waals surface area contributed by atoms with E-state index in [4.69, 9.17) is 9.47 Å². The zero-order valence-corrected chi connectivity index (χ0v) is 19.9. The molecule has 9 nitrogen and oxygen atoms in total. The summed E-state index contributed by atoms with van der Waals surface area (Å²) in [5.74, 6) is 1.02. The molecule has 1 aromatic rings. The summed E-state index contributed by atoms with van der Waals surface area (Å²) in [5.41, 5.74) is 1.26. The van der Waals surface area contributed by atoms with Crippen molar-refractivity contribution in [3.8, 4) is 0 Å². The highest BCUT2D eigenvalue weighted by Gasteiger charge is 2.17. The molecule has 2 rings (SSSR count). The van der Waals surface area contributed by atoms with Gasteiger partial charge in [-0.2, -0.15) is 0 Å². The van der Waals surface area contributed by atoms with Gasteiger partial charge in [-0.15, -0.1) is 0 Å². The molecule has 0 aliphatic carbocycles. The third kappa shape index (κ3) is 10.00. The Hall–Kier alpha value is -2.81. The highest BCUT2D eigenvalue weighted by Crippen LogP contribution is 2.13. The smallest absolute Gasteiger partial charge is 0.412 e. The maximum atomic E-state index is 11.9. The van der Waals surface area contributed by atoms with Crippen LogP contribution in [0.5, 0.6) is 0 Å². The third-order valence-electron chi connectivity index (χ3n) is 4.76. The van der Waals surface area contributed by atoms with Gasteiger partial charge in [-0.3, -0.25) is 10.1 Å². The molecule has 3 N–H and O–H groups in total. The lowest BCUT2D eigenvalue weighted by atomic mass is 10.1. The molecule has 2 amide bonds. The predicted octanol–water partition coefficient (Wildman–Crippen LogP) is 2.24. The normalized spacial score (nSPS) is 16.4. The Balaban J connectivity index is 1.83. The second-order valence-electron chi connectivity index (χ2n) is 9.06. The highest BCUT2D eigenvalue weighted by molar-refractivity contribution is 5.85. The Kier molecular flexibility index (Phi) is 9.77. The Labute approximate surface area is 190 Å². The van der Waals surface area contributed by atoms with Crippen molar-refractivity contribution in [2.45, 2.75) is 39.2 Å². The van der Waals surface area contributed by atoms with E-state index in [9.17, 15) is 9.59 Å². The molecule has 178 valence electrons. The van der Waals surface area contributed by atoms with Gasteiger partial charge in [-0.05, 0) is 51.3 Å². The number of nitrogens with one attached hydrogen (secondary N) is 3. The second-order valence-corrected chi connectivity index (χ2v) is 9.06. The number of guanidine groups is 1. The molecule has 0 spiro atoms. The Morgan fingerprint density at radius 3 is 2.50 bits per heavy atom. The van der Waals surface area contributed by atoms with Gasteiger partial charge in [-0.25, -0.2) is 9.79 Å². The number of hydrogen-bond acceptors (Lipinski definition) is 5. The number of ether oxygens (including phenoxy) is 2. The van der Waals surface area contributed by atoms with Crippen LogP contribution in [0.4, 0.5) is 10.5 Å². The Morgan fingerprint density at radius 1 is 1.19 bits per heavy atom. The van der Waals surface area contributed by atoms with E-state index in [0.717, 1.165) is 38.2 Å².